The van der Waals surface area contributed by atoms with Crippen molar-refractivity contribution >= 4 is 40.5 Å². The number of hydrazine groups is 1. The molecule has 0 aliphatic heterocycles. The van der Waals surface area contributed by atoms with Crippen molar-refractivity contribution in [2.75, 3.05) is 23.4 Å². The largest absolute Gasteiger partial charge is 0.395 e. The summed E-state index contributed by atoms with van der Waals surface area (Å²) in [7, 11) is 0. The Hall–Kier alpha value is -3.29. The van der Waals surface area contributed by atoms with E-state index in [0.29, 0.717) is 27.4 Å². The highest BCUT2D eigenvalue weighted by molar-refractivity contribution is 6.42. The standard InChI is InChI=1S/C30H32Cl2N6/c31-25-12-10-19(16-26(25)32)20-11-13-27(23-9-5-4-8-22(20)23)36-15-14-21(18-6-2-1-3-7-18)24-17-28(33)37-30(38-35)29(24)34/h1-10,12,16-17,20-21,27,36H,11,13-15,34-35H2,(H3,33,37,38). The third kappa shape index (κ3) is 5.45. The smallest absolute Gasteiger partial charge is 0.165 e. The van der Waals surface area contributed by atoms with E-state index in [-0.39, 0.29) is 17.9 Å². The topological polar surface area (TPSA) is 115 Å². The summed E-state index contributed by atoms with van der Waals surface area (Å²) in [4.78, 5) is 4.23. The molecule has 0 saturated heterocycles. The highest BCUT2D eigenvalue weighted by atomic mass is 35.5. The van der Waals surface area contributed by atoms with Crippen LogP contribution in [0.25, 0.3) is 0 Å². The Kier molecular flexibility index (Phi) is 8.05. The zero-order valence-electron chi connectivity index (χ0n) is 21.0. The Morgan fingerprint density at radius 3 is 2.34 bits per heavy atom. The van der Waals surface area contributed by atoms with Crippen molar-refractivity contribution in [1.82, 2.24) is 10.3 Å². The van der Waals surface area contributed by atoms with Crippen LogP contribution in [-0.4, -0.2) is 11.5 Å². The van der Waals surface area contributed by atoms with Gasteiger partial charge in [0, 0.05) is 17.9 Å². The second-order valence-electron chi connectivity index (χ2n) is 9.73. The number of halogens is 2. The second kappa shape index (κ2) is 11.6. The molecule has 0 amide bonds. The van der Waals surface area contributed by atoms with Crippen molar-refractivity contribution in [1.29, 1.82) is 0 Å². The molecular weight excluding hydrogens is 515 g/mol. The van der Waals surface area contributed by atoms with Crippen LogP contribution in [0.3, 0.4) is 0 Å². The van der Waals surface area contributed by atoms with E-state index < -0.39 is 0 Å². The molecule has 6 nitrogen and oxygen atoms in total. The van der Waals surface area contributed by atoms with Gasteiger partial charge in [0.15, 0.2) is 5.82 Å². The molecule has 38 heavy (non-hydrogen) atoms. The Labute approximate surface area is 233 Å². The molecule has 4 aromatic rings. The second-order valence-corrected chi connectivity index (χ2v) is 10.5. The quantitative estimate of drug-likeness (QED) is 0.125. The average Bonchev–Trinajstić information content (AvgIpc) is 2.94. The molecule has 1 heterocycles. The molecule has 8 N–H and O–H groups in total. The summed E-state index contributed by atoms with van der Waals surface area (Å²) < 4.78 is 0. The van der Waals surface area contributed by atoms with Gasteiger partial charge in [-0.3, -0.25) is 0 Å². The summed E-state index contributed by atoms with van der Waals surface area (Å²) in [6.45, 7) is 0.795. The van der Waals surface area contributed by atoms with E-state index in [1.807, 2.05) is 36.4 Å². The van der Waals surface area contributed by atoms with Crippen LogP contribution in [0.4, 0.5) is 17.3 Å². The highest BCUT2D eigenvalue weighted by Gasteiger charge is 2.28. The van der Waals surface area contributed by atoms with Gasteiger partial charge in [-0.15, -0.1) is 0 Å². The molecule has 5 rings (SSSR count). The third-order valence-electron chi connectivity index (χ3n) is 7.49. The minimum atomic E-state index is 0.0314. The molecule has 0 radical (unpaired) electrons. The number of benzene rings is 3. The molecule has 0 fully saturated rings. The van der Waals surface area contributed by atoms with Crippen LogP contribution in [0.2, 0.25) is 10.0 Å². The molecule has 196 valence electrons. The zero-order chi connectivity index (χ0) is 26.6. The van der Waals surface area contributed by atoms with Crippen LogP contribution in [0.15, 0.2) is 78.9 Å². The summed E-state index contributed by atoms with van der Waals surface area (Å²) in [5, 5.41) is 5.00. The minimum Gasteiger partial charge on any atom is -0.395 e. The van der Waals surface area contributed by atoms with Crippen LogP contribution < -0.4 is 28.1 Å². The van der Waals surface area contributed by atoms with Crippen molar-refractivity contribution in [3.63, 3.8) is 0 Å². The van der Waals surface area contributed by atoms with E-state index in [0.717, 1.165) is 31.4 Å². The van der Waals surface area contributed by atoms with Crippen molar-refractivity contribution in [3.8, 4) is 0 Å². The number of hydrogen-bond acceptors (Lipinski definition) is 6. The van der Waals surface area contributed by atoms with Gasteiger partial charge in [0.25, 0.3) is 0 Å². The summed E-state index contributed by atoms with van der Waals surface area (Å²) >= 11 is 12.5. The van der Waals surface area contributed by atoms with Crippen LogP contribution in [0, 0.1) is 0 Å². The summed E-state index contributed by atoms with van der Waals surface area (Å²) in [5.74, 6) is 6.76. The average molecular weight is 548 g/mol. The number of nitrogens with two attached hydrogens (primary N) is 3. The maximum absolute atomic E-state index is 6.47. The predicted molar refractivity (Wildman–Crippen MR) is 158 cm³/mol. The number of pyridine rings is 1. The van der Waals surface area contributed by atoms with Gasteiger partial charge >= 0.3 is 0 Å². The highest BCUT2D eigenvalue weighted by Crippen LogP contribution is 2.43. The van der Waals surface area contributed by atoms with Crippen molar-refractivity contribution in [2.24, 2.45) is 5.84 Å². The fourth-order valence-electron chi connectivity index (χ4n) is 5.66. The number of fused-ring (bicyclic) bond motifs is 1. The van der Waals surface area contributed by atoms with Crippen LogP contribution in [0.1, 0.15) is 65.0 Å². The Bertz CT molecular complexity index is 1410. The lowest BCUT2D eigenvalue weighted by Crippen LogP contribution is -2.29. The maximum Gasteiger partial charge on any atom is 0.165 e. The molecule has 3 atom stereocenters. The lowest BCUT2D eigenvalue weighted by Gasteiger charge is -2.33. The van der Waals surface area contributed by atoms with Crippen molar-refractivity contribution in [2.45, 2.75) is 37.1 Å². The molecule has 1 aliphatic rings. The van der Waals surface area contributed by atoms with Gasteiger partial charge < -0.3 is 22.2 Å². The normalized spacial score (nSPS) is 17.6. The van der Waals surface area contributed by atoms with E-state index in [9.17, 15) is 0 Å². The Morgan fingerprint density at radius 1 is 0.868 bits per heavy atom. The van der Waals surface area contributed by atoms with Gasteiger partial charge in [-0.05, 0) is 71.8 Å². The predicted octanol–water partition coefficient (Wildman–Crippen LogP) is 6.62. The van der Waals surface area contributed by atoms with Gasteiger partial charge in [-0.2, -0.15) is 0 Å². The van der Waals surface area contributed by atoms with E-state index in [4.69, 9.17) is 40.5 Å². The minimum absolute atomic E-state index is 0.0314. The van der Waals surface area contributed by atoms with Crippen LogP contribution >= 0.6 is 23.2 Å². The van der Waals surface area contributed by atoms with Gasteiger partial charge in [0.1, 0.15) is 5.82 Å². The van der Waals surface area contributed by atoms with Gasteiger partial charge in [0.05, 0.1) is 15.7 Å². The molecule has 3 unspecified atom stereocenters. The third-order valence-corrected chi connectivity index (χ3v) is 8.22. The van der Waals surface area contributed by atoms with E-state index in [1.54, 1.807) is 0 Å². The van der Waals surface area contributed by atoms with Crippen LogP contribution in [0.5, 0.6) is 0 Å². The molecule has 1 aromatic heterocycles. The van der Waals surface area contributed by atoms with E-state index in [2.05, 4.69) is 58.2 Å². The van der Waals surface area contributed by atoms with Crippen molar-refractivity contribution < 1.29 is 0 Å². The lowest BCUT2D eigenvalue weighted by molar-refractivity contribution is 0.433. The number of aromatic nitrogens is 1. The van der Waals surface area contributed by atoms with E-state index >= 15 is 0 Å². The lowest BCUT2D eigenvalue weighted by atomic mass is 9.76. The van der Waals surface area contributed by atoms with Crippen molar-refractivity contribution in [3.05, 3.63) is 117 Å². The number of nitrogen functional groups attached to an aromatic ring is 3. The fourth-order valence-corrected chi connectivity index (χ4v) is 5.97. The summed E-state index contributed by atoms with van der Waals surface area (Å²) in [5.41, 5.74) is 21.6. The van der Waals surface area contributed by atoms with E-state index in [1.165, 1.54) is 22.3 Å². The first-order valence-corrected chi connectivity index (χ1v) is 13.6. The first kappa shape index (κ1) is 26.3. The number of nitrogens with zero attached hydrogens (tertiary/aromatic N) is 1. The van der Waals surface area contributed by atoms with Crippen LogP contribution in [-0.2, 0) is 0 Å². The monoisotopic (exact) mass is 546 g/mol. The molecule has 0 spiro atoms. The maximum atomic E-state index is 6.47. The molecule has 3 aromatic carbocycles. The van der Waals surface area contributed by atoms with Gasteiger partial charge in [-0.1, -0.05) is 83.9 Å². The molecular formula is C30H32Cl2N6. The fraction of sp³-hybridized carbons (Fsp3) is 0.233. The first-order chi connectivity index (χ1) is 18.5. The van der Waals surface area contributed by atoms with Gasteiger partial charge in [0.2, 0.25) is 0 Å². The molecule has 1 aliphatic carbocycles. The first-order valence-electron chi connectivity index (χ1n) is 12.8. The van der Waals surface area contributed by atoms with Gasteiger partial charge in [-0.25, -0.2) is 10.8 Å². The SMILES string of the molecule is NNc1nc(N)cc(C(CCNC2CCC(c3ccc(Cl)c(Cl)c3)c3ccccc32)c2ccccc2)c1N. The number of nitrogens with one attached hydrogen (secondary N) is 2. The molecule has 8 heteroatoms. The Balaban J connectivity index is 1.37. The number of hydrogen-bond donors (Lipinski definition) is 5. The number of rotatable bonds is 8. The Morgan fingerprint density at radius 2 is 1.61 bits per heavy atom. The summed E-state index contributed by atoms with van der Waals surface area (Å²) in [6.07, 6.45) is 2.87. The molecule has 0 bridgehead atoms. The zero-order valence-corrected chi connectivity index (χ0v) is 22.5. The molecule has 0 saturated carbocycles. The summed E-state index contributed by atoms with van der Waals surface area (Å²) in [6, 6.07) is 27.1. The number of anilines is 3.